The molecule has 112 valence electrons. The summed E-state index contributed by atoms with van der Waals surface area (Å²) in [6, 6.07) is 6.40. The van der Waals surface area contributed by atoms with Crippen LogP contribution in [0.2, 0.25) is 0 Å². The van der Waals surface area contributed by atoms with Crippen molar-refractivity contribution in [3.63, 3.8) is 0 Å². The van der Waals surface area contributed by atoms with Gasteiger partial charge in [-0.2, -0.15) is 4.40 Å². The van der Waals surface area contributed by atoms with Crippen LogP contribution in [0.25, 0.3) is 0 Å². The van der Waals surface area contributed by atoms with Crippen LogP contribution in [-0.4, -0.2) is 30.1 Å². The first kappa shape index (κ1) is 17.0. The van der Waals surface area contributed by atoms with Crippen LogP contribution in [0, 0.1) is 0 Å². The molecule has 0 aliphatic heterocycles. The molecule has 0 fully saturated rings. The second-order valence-corrected chi connectivity index (χ2v) is 9.07. The quantitative estimate of drug-likeness (QED) is 0.862. The van der Waals surface area contributed by atoms with E-state index in [1.165, 1.54) is 19.2 Å². The lowest BCUT2D eigenvalue weighted by molar-refractivity contribution is 0.588. The van der Waals surface area contributed by atoms with Gasteiger partial charge in [0.25, 0.3) is 0 Å². The van der Waals surface area contributed by atoms with Crippen molar-refractivity contribution in [2.75, 3.05) is 7.05 Å². The zero-order chi connectivity index (χ0) is 15.6. The van der Waals surface area contributed by atoms with Crippen molar-refractivity contribution in [3.8, 4) is 0 Å². The van der Waals surface area contributed by atoms with Crippen molar-refractivity contribution < 1.29 is 12.6 Å². The predicted molar refractivity (Wildman–Crippen MR) is 82.8 cm³/mol. The lowest BCUT2D eigenvalue weighted by Crippen LogP contribution is -2.21. The fourth-order valence-electron chi connectivity index (χ4n) is 1.32. The Morgan fingerprint density at radius 2 is 1.90 bits per heavy atom. The number of benzene rings is 1. The molecule has 1 rings (SSSR count). The Bertz CT molecular complexity index is 644. The molecule has 1 aromatic carbocycles. The Morgan fingerprint density at radius 1 is 1.30 bits per heavy atom. The van der Waals surface area contributed by atoms with Crippen molar-refractivity contribution in [2.45, 2.75) is 37.3 Å². The minimum atomic E-state index is -3.49. The molecule has 0 radical (unpaired) electrons. The molecule has 0 amide bonds. The molecule has 0 spiro atoms. The molecular formula is C13H20N2O3S2. The molecule has 0 saturated carbocycles. The second kappa shape index (κ2) is 6.15. The largest absolute Gasteiger partial charge is 0.240 e. The molecule has 0 unspecified atom stereocenters. The van der Waals surface area contributed by atoms with Crippen molar-refractivity contribution in [3.05, 3.63) is 29.8 Å². The maximum atomic E-state index is 12.0. The van der Waals surface area contributed by atoms with E-state index < -0.39 is 25.8 Å². The van der Waals surface area contributed by atoms with E-state index in [9.17, 15) is 12.6 Å². The van der Waals surface area contributed by atoms with Gasteiger partial charge in [-0.3, -0.25) is 0 Å². The molecule has 0 aromatic heterocycles. The number of hydrogen-bond donors (Lipinski definition) is 1. The van der Waals surface area contributed by atoms with Gasteiger partial charge >= 0.3 is 0 Å². The van der Waals surface area contributed by atoms with E-state index in [-0.39, 0.29) is 4.90 Å². The zero-order valence-corrected chi connectivity index (χ0v) is 13.9. The molecule has 7 heteroatoms. The van der Waals surface area contributed by atoms with E-state index >= 15 is 0 Å². The molecule has 0 bridgehead atoms. The van der Waals surface area contributed by atoms with Gasteiger partial charge in [-0.25, -0.2) is 17.3 Å². The predicted octanol–water partition coefficient (Wildman–Crippen LogP) is 1.87. The summed E-state index contributed by atoms with van der Waals surface area (Å²) in [6.45, 7) is 7.22. The minimum absolute atomic E-state index is 0.161. The first-order valence-corrected chi connectivity index (χ1v) is 8.68. The number of rotatable bonds is 4. The van der Waals surface area contributed by atoms with Crippen LogP contribution in [-0.2, 0) is 21.0 Å². The van der Waals surface area contributed by atoms with Crippen LogP contribution in [0.1, 0.15) is 33.3 Å². The lowest BCUT2D eigenvalue weighted by Gasteiger charge is -2.14. The molecule has 0 aliphatic carbocycles. The molecular weight excluding hydrogens is 296 g/mol. The average molecular weight is 316 g/mol. The van der Waals surface area contributed by atoms with Gasteiger partial charge in [0.1, 0.15) is 11.0 Å². The van der Waals surface area contributed by atoms with E-state index in [0.29, 0.717) is 11.3 Å². The summed E-state index contributed by atoms with van der Waals surface area (Å²) in [5.74, 6) is 0. The Hall–Kier alpha value is -1.05. The third-order valence-electron chi connectivity index (χ3n) is 2.57. The summed E-state index contributed by atoms with van der Waals surface area (Å²) in [6.07, 6.45) is 0. The Kier molecular flexibility index (Phi) is 5.23. The molecule has 1 aromatic rings. The van der Waals surface area contributed by atoms with Crippen molar-refractivity contribution >= 4 is 26.7 Å². The monoisotopic (exact) mass is 316 g/mol. The van der Waals surface area contributed by atoms with Crippen molar-refractivity contribution in [1.82, 2.24) is 4.72 Å². The second-order valence-electron chi connectivity index (χ2n) is 5.27. The molecule has 1 N–H and O–H groups in total. The Labute approximate surface area is 123 Å². The van der Waals surface area contributed by atoms with Crippen molar-refractivity contribution in [1.29, 1.82) is 0 Å². The van der Waals surface area contributed by atoms with Gasteiger partial charge in [-0.05, 0) is 52.4 Å². The Balaban J connectivity index is 3.20. The fraction of sp³-hybridized carbons (Fsp3) is 0.462. The van der Waals surface area contributed by atoms with Gasteiger partial charge in [-0.1, -0.05) is 12.1 Å². The maximum Gasteiger partial charge on any atom is 0.240 e. The first-order valence-electron chi connectivity index (χ1n) is 6.09. The van der Waals surface area contributed by atoms with E-state index in [4.69, 9.17) is 0 Å². The third-order valence-corrected chi connectivity index (χ3v) is 5.47. The van der Waals surface area contributed by atoms with Crippen LogP contribution in [0.15, 0.2) is 33.6 Å². The summed E-state index contributed by atoms with van der Waals surface area (Å²) in [4.78, 5) is 0.161. The molecule has 0 aliphatic rings. The van der Waals surface area contributed by atoms with Gasteiger partial charge in [0.05, 0.1) is 15.4 Å². The smallest absolute Gasteiger partial charge is 0.234 e. The average Bonchev–Trinajstić information content (AvgIpc) is 2.37. The van der Waals surface area contributed by atoms with E-state index in [1.807, 2.05) is 20.8 Å². The molecule has 0 saturated heterocycles. The molecule has 1 atom stereocenters. The zero-order valence-electron chi connectivity index (χ0n) is 12.3. The van der Waals surface area contributed by atoms with Crippen molar-refractivity contribution in [2.24, 2.45) is 4.40 Å². The van der Waals surface area contributed by atoms with Gasteiger partial charge in [0, 0.05) is 0 Å². The summed E-state index contributed by atoms with van der Waals surface area (Å²) in [5.41, 5.74) is 1.19. The highest BCUT2D eigenvalue weighted by molar-refractivity contribution is 7.89. The van der Waals surface area contributed by atoms with Crippen LogP contribution in [0.3, 0.4) is 0 Å². The lowest BCUT2D eigenvalue weighted by atomic mass is 10.1. The van der Waals surface area contributed by atoms with Crippen LogP contribution < -0.4 is 4.72 Å². The summed E-state index contributed by atoms with van der Waals surface area (Å²) >= 11 is 0. The molecule has 20 heavy (non-hydrogen) atoms. The number of nitrogens with one attached hydrogen (secondary N) is 1. The molecule has 5 nitrogen and oxygen atoms in total. The highest BCUT2D eigenvalue weighted by atomic mass is 32.2. The fourth-order valence-corrected chi connectivity index (χ4v) is 2.72. The summed E-state index contributed by atoms with van der Waals surface area (Å²) < 4.78 is 41.4. The standard InChI is InChI=1S/C13H20N2O3S2/c1-10(15-19(16)13(2,3)4)11-7-6-8-12(9-11)20(17,18)14-5/h6-9,14H,1-5H3/t19-/m0/s1. The SMILES string of the molecule is CNS(=O)(=O)c1cccc(C(C)=N[S@@](=O)C(C)(C)C)c1. The van der Waals surface area contributed by atoms with Gasteiger partial charge in [0.2, 0.25) is 10.0 Å². The Morgan fingerprint density at radius 3 is 2.40 bits per heavy atom. The third kappa shape index (κ3) is 4.22. The van der Waals surface area contributed by atoms with Crippen LogP contribution in [0.5, 0.6) is 0 Å². The van der Waals surface area contributed by atoms with Crippen LogP contribution >= 0.6 is 0 Å². The van der Waals surface area contributed by atoms with E-state index in [1.54, 1.807) is 19.1 Å². The first-order chi connectivity index (χ1) is 9.08. The normalized spacial score (nSPS) is 15.2. The van der Waals surface area contributed by atoms with Gasteiger partial charge in [0.15, 0.2) is 0 Å². The van der Waals surface area contributed by atoms with Crippen LogP contribution in [0.4, 0.5) is 0 Å². The van der Waals surface area contributed by atoms with Gasteiger partial charge in [-0.15, -0.1) is 0 Å². The van der Waals surface area contributed by atoms with E-state index in [2.05, 4.69) is 9.12 Å². The minimum Gasteiger partial charge on any atom is -0.234 e. The number of sulfonamides is 1. The highest BCUT2D eigenvalue weighted by Gasteiger charge is 2.19. The topological polar surface area (TPSA) is 75.6 Å². The number of nitrogens with zero attached hydrogens (tertiary/aromatic N) is 1. The highest BCUT2D eigenvalue weighted by Crippen LogP contribution is 2.16. The number of hydrogen-bond acceptors (Lipinski definition) is 3. The van der Waals surface area contributed by atoms with Gasteiger partial charge < -0.3 is 0 Å². The molecule has 0 heterocycles. The summed E-state index contributed by atoms with van der Waals surface area (Å²) in [5, 5.41) is 0. The maximum absolute atomic E-state index is 12.0. The summed E-state index contributed by atoms with van der Waals surface area (Å²) in [7, 11) is -3.51. The van der Waals surface area contributed by atoms with E-state index in [0.717, 1.165) is 0 Å².